The van der Waals surface area contributed by atoms with E-state index in [2.05, 4.69) is 5.32 Å². The molecule has 2 N–H and O–H groups in total. The summed E-state index contributed by atoms with van der Waals surface area (Å²) in [5.41, 5.74) is 0. The molecule has 76 valence electrons. The van der Waals surface area contributed by atoms with Crippen molar-refractivity contribution in [2.75, 3.05) is 20.2 Å². The standard InChI is InChI=1S/C9H18N2O2/c1-7(4-6-12)11-5-3-8(10-2)9(11)13/h7-8,10,12H,3-6H2,1-2H3. The van der Waals surface area contributed by atoms with Gasteiger partial charge < -0.3 is 15.3 Å². The lowest BCUT2D eigenvalue weighted by Gasteiger charge is -2.23. The van der Waals surface area contributed by atoms with Crippen molar-refractivity contribution in [3.05, 3.63) is 0 Å². The third-order valence-electron chi connectivity index (χ3n) is 2.67. The SMILES string of the molecule is CNC1CCN(C(C)CCO)C1=O. The zero-order valence-electron chi connectivity index (χ0n) is 8.29. The molecule has 0 aromatic carbocycles. The summed E-state index contributed by atoms with van der Waals surface area (Å²) >= 11 is 0. The van der Waals surface area contributed by atoms with E-state index in [1.165, 1.54) is 0 Å². The topological polar surface area (TPSA) is 52.6 Å². The van der Waals surface area contributed by atoms with E-state index in [-0.39, 0.29) is 24.6 Å². The second-order valence-electron chi connectivity index (χ2n) is 3.52. The fourth-order valence-corrected chi connectivity index (χ4v) is 1.75. The van der Waals surface area contributed by atoms with Crippen molar-refractivity contribution < 1.29 is 9.90 Å². The van der Waals surface area contributed by atoms with E-state index in [0.717, 1.165) is 13.0 Å². The van der Waals surface area contributed by atoms with Gasteiger partial charge in [0.15, 0.2) is 0 Å². The number of hydrogen-bond acceptors (Lipinski definition) is 3. The Morgan fingerprint density at radius 1 is 1.77 bits per heavy atom. The van der Waals surface area contributed by atoms with Gasteiger partial charge in [-0.1, -0.05) is 0 Å². The van der Waals surface area contributed by atoms with Crippen molar-refractivity contribution in [3.63, 3.8) is 0 Å². The van der Waals surface area contributed by atoms with E-state index in [9.17, 15) is 4.79 Å². The highest BCUT2D eigenvalue weighted by molar-refractivity contribution is 5.84. The highest BCUT2D eigenvalue weighted by atomic mass is 16.3. The number of likely N-dealkylation sites (N-methyl/N-ethyl adjacent to an activating group) is 1. The van der Waals surface area contributed by atoms with Crippen LogP contribution in [0.25, 0.3) is 0 Å². The maximum Gasteiger partial charge on any atom is 0.240 e. The first-order chi connectivity index (χ1) is 6.20. The average molecular weight is 186 g/mol. The number of aliphatic hydroxyl groups is 1. The van der Waals surface area contributed by atoms with Crippen LogP contribution in [-0.2, 0) is 4.79 Å². The number of aliphatic hydroxyl groups excluding tert-OH is 1. The lowest BCUT2D eigenvalue weighted by atomic mass is 10.2. The predicted octanol–water partition coefficient (Wildman–Crippen LogP) is -0.422. The van der Waals surface area contributed by atoms with E-state index in [4.69, 9.17) is 5.11 Å². The lowest BCUT2D eigenvalue weighted by Crippen LogP contribution is -2.40. The molecule has 2 unspecified atom stereocenters. The Hall–Kier alpha value is -0.610. The van der Waals surface area contributed by atoms with Crippen LogP contribution in [0, 0.1) is 0 Å². The number of hydrogen-bond donors (Lipinski definition) is 2. The van der Waals surface area contributed by atoms with Crippen LogP contribution in [0.1, 0.15) is 19.8 Å². The maximum atomic E-state index is 11.6. The number of carbonyl (C=O) groups is 1. The largest absolute Gasteiger partial charge is 0.396 e. The lowest BCUT2D eigenvalue weighted by molar-refractivity contribution is -0.131. The van der Waals surface area contributed by atoms with Crippen LogP contribution in [0.4, 0.5) is 0 Å². The van der Waals surface area contributed by atoms with Crippen LogP contribution < -0.4 is 5.32 Å². The molecule has 1 fully saturated rings. The Bertz CT molecular complexity index is 184. The summed E-state index contributed by atoms with van der Waals surface area (Å²) in [5.74, 6) is 0.170. The molecule has 13 heavy (non-hydrogen) atoms. The number of nitrogens with one attached hydrogen (secondary N) is 1. The first-order valence-electron chi connectivity index (χ1n) is 4.79. The first kappa shape index (κ1) is 10.5. The highest BCUT2D eigenvalue weighted by Crippen LogP contribution is 2.15. The fourth-order valence-electron chi connectivity index (χ4n) is 1.75. The summed E-state index contributed by atoms with van der Waals surface area (Å²) < 4.78 is 0. The van der Waals surface area contributed by atoms with Crippen LogP contribution in [0.15, 0.2) is 0 Å². The van der Waals surface area contributed by atoms with Crippen LogP contribution >= 0.6 is 0 Å². The van der Waals surface area contributed by atoms with Gasteiger partial charge in [-0.2, -0.15) is 0 Å². The van der Waals surface area contributed by atoms with E-state index >= 15 is 0 Å². The van der Waals surface area contributed by atoms with Crippen molar-refractivity contribution in [2.45, 2.75) is 31.8 Å². The van der Waals surface area contributed by atoms with E-state index in [0.29, 0.717) is 6.42 Å². The molecule has 0 aromatic heterocycles. The van der Waals surface area contributed by atoms with Gasteiger partial charge in [0, 0.05) is 19.2 Å². The van der Waals surface area contributed by atoms with Crippen LogP contribution in [0.5, 0.6) is 0 Å². The van der Waals surface area contributed by atoms with E-state index in [1.54, 1.807) is 0 Å². The smallest absolute Gasteiger partial charge is 0.240 e. The minimum atomic E-state index is -0.0128. The molecule has 0 saturated carbocycles. The van der Waals surface area contributed by atoms with Crippen LogP contribution in [0.2, 0.25) is 0 Å². The average Bonchev–Trinajstić information content (AvgIpc) is 2.47. The fraction of sp³-hybridized carbons (Fsp3) is 0.889. The van der Waals surface area contributed by atoms with Crippen molar-refractivity contribution in [1.82, 2.24) is 10.2 Å². The van der Waals surface area contributed by atoms with Gasteiger partial charge in [0.25, 0.3) is 0 Å². The Labute approximate surface area is 78.9 Å². The number of rotatable bonds is 4. The molecule has 0 spiro atoms. The molecule has 1 heterocycles. The number of likely N-dealkylation sites (tertiary alicyclic amines) is 1. The predicted molar refractivity (Wildman–Crippen MR) is 50.3 cm³/mol. The van der Waals surface area contributed by atoms with Gasteiger partial charge in [-0.25, -0.2) is 0 Å². The monoisotopic (exact) mass is 186 g/mol. The van der Waals surface area contributed by atoms with Gasteiger partial charge in [-0.05, 0) is 26.8 Å². The zero-order valence-corrected chi connectivity index (χ0v) is 8.29. The first-order valence-corrected chi connectivity index (χ1v) is 4.79. The summed E-state index contributed by atoms with van der Waals surface area (Å²) in [6, 6.07) is 0.150. The van der Waals surface area contributed by atoms with E-state index in [1.807, 2.05) is 18.9 Å². The third kappa shape index (κ3) is 2.19. The van der Waals surface area contributed by atoms with Crippen molar-refractivity contribution in [3.8, 4) is 0 Å². The zero-order chi connectivity index (χ0) is 9.84. The maximum absolute atomic E-state index is 11.6. The summed E-state index contributed by atoms with van der Waals surface area (Å²) in [6.07, 6.45) is 1.55. The summed E-state index contributed by atoms with van der Waals surface area (Å²) in [6.45, 7) is 2.94. The molecule has 1 saturated heterocycles. The molecule has 1 amide bonds. The summed E-state index contributed by atoms with van der Waals surface area (Å²) in [4.78, 5) is 13.5. The molecule has 1 aliphatic rings. The van der Waals surface area contributed by atoms with Gasteiger partial charge in [-0.3, -0.25) is 4.79 Å². The molecule has 4 heteroatoms. The molecule has 1 rings (SSSR count). The Kier molecular flexibility index (Phi) is 3.69. The Balaban J connectivity index is 2.49. The molecule has 0 aromatic rings. The molecule has 1 aliphatic heterocycles. The van der Waals surface area contributed by atoms with Crippen molar-refractivity contribution in [1.29, 1.82) is 0 Å². The molecule has 0 radical (unpaired) electrons. The van der Waals surface area contributed by atoms with Crippen LogP contribution in [0.3, 0.4) is 0 Å². The molecule has 0 aliphatic carbocycles. The van der Waals surface area contributed by atoms with E-state index < -0.39 is 0 Å². The van der Waals surface area contributed by atoms with Gasteiger partial charge in [0.05, 0.1) is 6.04 Å². The normalized spacial score (nSPS) is 25.3. The van der Waals surface area contributed by atoms with Gasteiger partial charge in [0.2, 0.25) is 5.91 Å². The molecule has 0 bridgehead atoms. The second kappa shape index (κ2) is 4.58. The van der Waals surface area contributed by atoms with Crippen molar-refractivity contribution in [2.24, 2.45) is 0 Å². The highest BCUT2D eigenvalue weighted by Gasteiger charge is 2.32. The van der Waals surface area contributed by atoms with Crippen molar-refractivity contribution >= 4 is 5.91 Å². The third-order valence-corrected chi connectivity index (χ3v) is 2.67. The number of nitrogens with zero attached hydrogens (tertiary/aromatic N) is 1. The summed E-state index contributed by atoms with van der Waals surface area (Å²) in [7, 11) is 1.81. The van der Waals surface area contributed by atoms with Gasteiger partial charge in [-0.15, -0.1) is 0 Å². The number of carbonyl (C=O) groups excluding carboxylic acids is 1. The molecule has 2 atom stereocenters. The minimum absolute atomic E-state index is 0.0128. The molecule has 4 nitrogen and oxygen atoms in total. The van der Waals surface area contributed by atoms with Gasteiger partial charge in [0.1, 0.15) is 0 Å². The minimum Gasteiger partial charge on any atom is -0.396 e. The van der Waals surface area contributed by atoms with Gasteiger partial charge >= 0.3 is 0 Å². The molecular weight excluding hydrogens is 168 g/mol. The summed E-state index contributed by atoms with van der Waals surface area (Å²) in [5, 5.41) is 11.7. The Morgan fingerprint density at radius 2 is 2.46 bits per heavy atom. The second-order valence-corrected chi connectivity index (χ2v) is 3.52. The quantitative estimate of drug-likeness (QED) is 0.627. The van der Waals surface area contributed by atoms with Crippen LogP contribution in [-0.4, -0.2) is 48.2 Å². The number of amides is 1. The Morgan fingerprint density at radius 3 is 2.92 bits per heavy atom. The molecular formula is C9H18N2O2.